The smallest absolute Gasteiger partial charge is 0.356 e. The number of halogens is 4. The minimum atomic E-state index is -4.34. The molecular formula is C20H19ClF3N3O. The summed E-state index contributed by atoms with van der Waals surface area (Å²) in [5, 5.41) is 3.40. The molecule has 1 amide bonds. The van der Waals surface area contributed by atoms with Crippen molar-refractivity contribution in [3.05, 3.63) is 64.4 Å². The first-order valence-electron chi connectivity index (χ1n) is 8.78. The number of aromatic nitrogens is 2. The van der Waals surface area contributed by atoms with Crippen LogP contribution in [0.3, 0.4) is 0 Å². The molecule has 3 aromatic rings. The summed E-state index contributed by atoms with van der Waals surface area (Å²) in [6.07, 6.45) is -3.12. The van der Waals surface area contributed by atoms with Crippen LogP contribution < -0.4 is 5.32 Å². The van der Waals surface area contributed by atoms with Crippen LogP contribution in [0.25, 0.3) is 11.0 Å². The topological polar surface area (TPSA) is 46.9 Å². The molecule has 0 atom stereocenters. The number of nitrogens with zero attached hydrogens (tertiary/aromatic N) is 2. The van der Waals surface area contributed by atoms with E-state index in [1.165, 1.54) is 12.1 Å². The van der Waals surface area contributed by atoms with Gasteiger partial charge in [0.15, 0.2) is 0 Å². The van der Waals surface area contributed by atoms with E-state index in [1.54, 1.807) is 12.1 Å². The van der Waals surface area contributed by atoms with Crippen molar-refractivity contribution in [3.8, 4) is 0 Å². The summed E-state index contributed by atoms with van der Waals surface area (Å²) in [4.78, 5) is 16.6. The van der Waals surface area contributed by atoms with E-state index < -0.39 is 11.7 Å². The lowest BCUT2D eigenvalue weighted by Gasteiger charge is -2.08. The number of hydrogen-bond acceptors (Lipinski definition) is 2. The van der Waals surface area contributed by atoms with Crippen LogP contribution in [-0.2, 0) is 30.9 Å². The van der Waals surface area contributed by atoms with Gasteiger partial charge in [-0.15, -0.1) is 0 Å². The molecule has 1 N–H and O–H groups in total. The number of benzene rings is 2. The number of imidazole rings is 1. The second-order valence-corrected chi connectivity index (χ2v) is 6.95. The molecule has 0 unspecified atom stereocenters. The average molecular weight is 410 g/mol. The Bertz CT molecular complexity index is 981. The highest BCUT2D eigenvalue weighted by Gasteiger charge is 2.29. The number of hydrogen-bond donors (Lipinski definition) is 1. The van der Waals surface area contributed by atoms with E-state index in [2.05, 4.69) is 10.3 Å². The van der Waals surface area contributed by atoms with Crippen LogP contribution in [0, 0.1) is 0 Å². The third kappa shape index (κ3) is 4.84. The van der Waals surface area contributed by atoms with Crippen molar-refractivity contribution in [3.63, 3.8) is 0 Å². The Morgan fingerprint density at radius 2 is 1.86 bits per heavy atom. The lowest BCUT2D eigenvalue weighted by molar-refractivity contribution is -0.137. The van der Waals surface area contributed by atoms with E-state index in [0.29, 0.717) is 24.4 Å². The van der Waals surface area contributed by atoms with Crippen molar-refractivity contribution < 1.29 is 18.0 Å². The number of carbonyl (C=O) groups is 1. The Balaban J connectivity index is 1.48. The Kier molecular flexibility index (Phi) is 5.93. The van der Waals surface area contributed by atoms with Gasteiger partial charge in [-0.3, -0.25) is 4.79 Å². The molecule has 148 valence electrons. The van der Waals surface area contributed by atoms with Gasteiger partial charge in [0, 0.05) is 31.5 Å². The molecule has 0 aliphatic carbocycles. The second-order valence-electron chi connectivity index (χ2n) is 6.51. The van der Waals surface area contributed by atoms with E-state index in [0.717, 1.165) is 34.6 Å². The molecule has 0 aliphatic heterocycles. The van der Waals surface area contributed by atoms with Crippen LogP contribution >= 0.6 is 11.6 Å². The maximum Gasteiger partial charge on any atom is 0.416 e. The standard InChI is InChI=1S/C20H19ClF3N3O/c1-27-17-7-6-15(21)12-16(17)26-18(27)8-9-19(28)25-11-10-13-2-4-14(5-3-13)20(22,23)24/h2-7,12H,8-11H2,1H3,(H,25,28). The fourth-order valence-electron chi connectivity index (χ4n) is 2.97. The summed E-state index contributed by atoms with van der Waals surface area (Å²) in [5.41, 5.74) is 1.79. The lowest BCUT2D eigenvalue weighted by Crippen LogP contribution is -2.26. The van der Waals surface area contributed by atoms with Gasteiger partial charge in [0.05, 0.1) is 16.6 Å². The highest BCUT2D eigenvalue weighted by Crippen LogP contribution is 2.29. The van der Waals surface area contributed by atoms with Crippen LogP contribution in [0.5, 0.6) is 0 Å². The molecule has 0 spiro atoms. The molecule has 1 heterocycles. The fraction of sp³-hybridized carbons (Fsp3) is 0.300. The van der Waals surface area contributed by atoms with Gasteiger partial charge >= 0.3 is 6.18 Å². The van der Waals surface area contributed by atoms with Gasteiger partial charge < -0.3 is 9.88 Å². The monoisotopic (exact) mass is 409 g/mol. The molecule has 0 bridgehead atoms. The first-order chi connectivity index (χ1) is 13.2. The van der Waals surface area contributed by atoms with Crippen LogP contribution in [0.4, 0.5) is 13.2 Å². The Morgan fingerprint density at radius 1 is 1.14 bits per heavy atom. The summed E-state index contributed by atoms with van der Waals surface area (Å²) >= 11 is 5.98. The number of nitrogens with one attached hydrogen (secondary N) is 1. The van der Waals surface area contributed by atoms with Crippen LogP contribution in [-0.4, -0.2) is 22.0 Å². The van der Waals surface area contributed by atoms with Gasteiger partial charge in [-0.2, -0.15) is 13.2 Å². The third-order valence-corrected chi connectivity index (χ3v) is 4.76. The third-order valence-electron chi connectivity index (χ3n) is 4.53. The SMILES string of the molecule is Cn1c(CCC(=O)NCCc2ccc(C(F)(F)F)cc2)nc2cc(Cl)ccc21. The largest absolute Gasteiger partial charge is 0.416 e. The zero-order valence-corrected chi connectivity index (χ0v) is 15.9. The molecule has 0 radical (unpaired) electrons. The van der Waals surface area contributed by atoms with Gasteiger partial charge in [0.2, 0.25) is 5.91 Å². The second kappa shape index (κ2) is 8.22. The zero-order chi connectivity index (χ0) is 20.3. The summed E-state index contributed by atoms with van der Waals surface area (Å²) in [7, 11) is 1.89. The number of fused-ring (bicyclic) bond motifs is 1. The molecule has 4 nitrogen and oxygen atoms in total. The summed E-state index contributed by atoms with van der Waals surface area (Å²) < 4.78 is 39.6. The predicted molar refractivity (Wildman–Crippen MR) is 102 cm³/mol. The van der Waals surface area contributed by atoms with Crippen molar-refractivity contribution in [2.75, 3.05) is 6.54 Å². The van der Waals surface area contributed by atoms with E-state index >= 15 is 0 Å². The van der Waals surface area contributed by atoms with Crippen LogP contribution in [0.15, 0.2) is 42.5 Å². The van der Waals surface area contributed by atoms with Gasteiger partial charge in [-0.25, -0.2) is 4.98 Å². The maximum absolute atomic E-state index is 12.5. The van der Waals surface area contributed by atoms with E-state index in [9.17, 15) is 18.0 Å². The number of rotatable bonds is 6. The van der Waals surface area contributed by atoms with Crippen molar-refractivity contribution in [1.82, 2.24) is 14.9 Å². The number of aryl methyl sites for hydroxylation is 2. The first kappa shape index (κ1) is 20.2. The average Bonchev–Trinajstić information content (AvgIpc) is 2.94. The van der Waals surface area contributed by atoms with Gasteiger partial charge in [-0.05, 0) is 42.3 Å². The Labute approximate surface area is 165 Å². The minimum absolute atomic E-state index is 0.128. The van der Waals surface area contributed by atoms with Gasteiger partial charge in [0.1, 0.15) is 5.82 Å². The zero-order valence-electron chi connectivity index (χ0n) is 15.2. The quantitative estimate of drug-likeness (QED) is 0.650. The van der Waals surface area contributed by atoms with Gasteiger partial charge in [-0.1, -0.05) is 23.7 Å². The van der Waals surface area contributed by atoms with Crippen LogP contribution in [0.2, 0.25) is 5.02 Å². The van der Waals surface area contributed by atoms with Gasteiger partial charge in [0.25, 0.3) is 0 Å². The van der Waals surface area contributed by atoms with E-state index in [1.807, 2.05) is 17.7 Å². The summed E-state index contributed by atoms with van der Waals surface area (Å²) in [6.45, 7) is 0.363. The molecule has 0 aliphatic rings. The number of amides is 1. The minimum Gasteiger partial charge on any atom is -0.356 e. The van der Waals surface area contributed by atoms with Crippen molar-refractivity contribution in [1.29, 1.82) is 0 Å². The van der Waals surface area contributed by atoms with Crippen LogP contribution in [0.1, 0.15) is 23.4 Å². The van der Waals surface area contributed by atoms with Crippen molar-refractivity contribution >= 4 is 28.5 Å². The summed E-state index contributed by atoms with van der Waals surface area (Å²) in [6, 6.07) is 10.4. The highest BCUT2D eigenvalue weighted by molar-refractivity contribution is 6.31. The van der Waals surface area contributed by atoms with Crippen molar-refractivity contribution in [2.24, 2.45) is 7.05 Å². The normalized spacial score (nSPS) is 11.8. The summed E-state index contributed by atoms with van der Waals surface area (Å²) in [5.74, 6) is 0.659. The molecule has 1 aromatic heterocycles. The molecule has 0 saturated carbocycles. The molecule has 8 heteroatoms. The number of alkyl halides is 3. The molecule has 28 heavy (non-hydrogen) atoms. The van der Waals surface area contributed by atoms with E-state index in [-0.39, 0.29) is 12.3 Å². The fourth-order valence-corrected chi connectivity index (χ4v) is 3.13. The Morgan fingerprint density at radius 3 is 2.54 bits per heavy atom. The molecule has 0 fully saturated rings. The molecular weight excluding hydrogens is 391 g/mol. The van der Waals surface area contributed by atoms with E-state index in [4.69, 9.17) is 11.6 Å². The lowest BCUT2D eigenvalue weighted by atomic mass is 10.1. The maximum atomic E-state index is 12.5. The first-order valence-corrected chi connectivity index (χ1v) is 9.15. The van der Waals surface area contributed by atoms with Crippen molar-refractivity contribution in [2.45, 2.75) is 25.4 Å². The molecule has 0 saturated heterocycles. The molecule has 2 aromatic carbocycles. The number of carbonyl (C=O) groups excluding carboxylic acids is 1. The highest BCUT2D eigenvalue weighted by atomic mass is 35.5. The predicted octanol–water partition coefficient (Wildman–Crippen LogP) is 4.54. The molecule has 3 rings (SSSR count). The Hall–Kier alpha value is -2.54.